The highest BCUT2D eigenvalue weighted by Gasteiger charge is 2.21. The minimum Gasteiger partial charge on any atom is -0.396 e. The van der Waals surface area contributed by atoms with Gasteiger partial charge in [0.2, 0.25) is 9.84 Å². The van der Waals surface area contributed by atoms with Gasteiger partial charge in [-0.25, -0.2) is 18.4 Å². The van der Waals surface area contributed by atoms with Crippen molar-refractivity contribution in [3.8, 4) is 0 Å². The van der Waals surface area contributed by atoms with Crippen molar-refractivity contribution in [2.75, 3.05) is 5.73 Å². The molecule has 3 rings (SSSR count). The zero-order chi connectivity index (χ0) is 14.2. The van der Waals surface area contributed by atoms with E-state index in [1.807, 2.05) is 24.3 Å². The number of pyridine rings is 1. The van der Waals surface area contributed by atoms with E-state index >= 15 is 0 Å². The molecule has 3 aromatic rings. The van der Waals surface area contributed by atoms with Crippen LogP contribution in [0.3, 0.4) is 0 Å². The molecule has 2 N–H and O–H groups in total. The van der Waals surface area contributed by atoms with Crippen LogP contribution in [0.5, 0.6) is 0 Å². The fourth-order valence-corrected chi connectivity index (χ4v) is 4.51. The molecule has 0 radical (unpaired) electrons. The minimum atomic E-state index is -3.58. The van der Waals surface area contributed by atoms with Crippen LogP contribution in [0.2, 0.25) is 0 Å². The zero-order valence-electron chi connectivity index (χ0n) is 10.4. The van der Waals surface area contributed by atoms with Gasteiger partial charge in [0.05, 0.1) is 15.9 Å². The molecule has 0 unspecified atom stereocenters. The highest BCUT2D eigenvalue weighted by Crippen LogP contribution is 2.26. The van der Waals surface area contributed by atoms with Gasteiger partial charge in [-0.2, -0.15) is 0 Å². The molecule has 0 atom stereocenters. The summed E-state index contributed by atoms with van der Waals surface area (Å²) in [6.45, 7) is 0. The lowest BCUT2D eigenvalue weighted by molar-refractivity contribution is 0.592. The summed E-state index contributed by atoms with van der Waals surface area (Å²) in [5, 5.41) is 0.454. The van der Waals surface area contributed by atoms with Gasteiger partial charge in [0, 0.05) is 6.20 Å². The molecule has 0 fully saturated rings. The molecule has 2 aromatic heterocycles. The fraction of sp³-hybridized carbons (Fsp3) is 0.0769. The SMILES string of the molecule is Nc1cccnc1S(=O)(=O)Cc1nc2ccccc2s1. The Kier molecular flexibility index (Phi) is 3.15. The molecule has 0 saturated carbocycles. The van der Waals surface area contributed by atoms with Gasteiger partial charge >= 0.3 is 0 Å². The van der Waals surface area contributed by atoms with Crippen LogP contribution < -0.4 is 5.73 Å². The third kappa shape index (κ3) is 2.37. The van der Waals surface area contributed by atoms with Crippen LogP contribution in [0.25, 0.3) is 10.2 Å². The van der Waals surface area contributed by atoms with Crippen LogP contribution in [-0.4, -0.2) is 18.4 Å². The van der Waals surface area contributed by atoms with Crippen molar-refractivity contribution in [3.05, 3.63) is 47.6 Å². The quantitative estimate of drug-likeness (QED) is 0.802. The fourth-order valence-electron chi connectivity index (χ4n) is 1.88. The van der Waals surface area contributed by atoms with Crippen LogP contribution in [0.15, 0.2) is 47.6 Å². The Labute approximate surface area is 120 Å². The van der Waals surface area contributed by atoms with Crippen molar-refractivity contribution in [2.45, 2.75) is 10.8 Å². The number of hydrogen-bond acceptors (Lipinski definition) is 6. The average molecular weight is 305 g/mol. The topological polar surface area (TPSA) is 85.9 Å². The molecular formula is C13H11N3O2S2. The summed E-state index contributed by atoms with van der Waals surface area (Å²) in [5.74, 6) is -0.187. The largest absolute Gasteiger partial charge is 0.396 e. The number of benzene rings is 1. The Morgan fingerprint density at radius 3 is 2.70 bits per heavy atom. The Morgan fingerprint density at radius 2 is 1.95 bits per heavy atom. The summed E-state index contributed by atoms with van der Waals surface area (Å²) < 4.78 is 25.6. The van der Waals surface area contributed by atoms with Gasteiger partial charge in [-0.05, 0) is 24.3 Å². The number of thiazole rings is 1. The van der Waals surface area contributed by atoms with Gasteiger partial charge in [0.15, 0.2) is 5.03 Å². The lowest BCUT2D eigenvalue weighted by Crippen LogP contribution is -2.09. The maximum absolute atomic E-state index is 12.3. The molecule has 0 spiro atoms. The van der Waals surface area contributed by atoms with Crippen LogP contribution in [0.4, 0.5) is 5.69 Å². The summed E-state index contributed by atoms with van der Waals surface area (Å²) in [5.41, 5.74) is 6.64. The predicted octanol–water partition coefficient (Wildman–Crippen LogP) is 2.25. The number of nitrogens with two attached hydrogens (primary N) is 1. The van der Waals surface area contributed by atoms with Crippen molar-refractivity contribution in [2.24, 2.45) is 0 Å². The first kappa shape index (κ1) is 13.0. The van der Waals surface area contributed by atoms with E-state index in [4.69, 9.17) is 5.73 Å². The summed E-state index contributed by atoms with van der Waals surface area (Å²) in [6, 6.07) is 10.7. The van der Waals surface area contributed by atoms with E-state index in [0.29, 0.717) is 5.01 Å². The Bertz CT molecular complexity index is 839. The smallest absolute Gasteiger partial charge is 0.204 e. The van der Waals surface area contributed by atoms with E-state index in [-0.39, 0.29) is 16.5 Å². The standard InChI is InChI=1S/C13H11N3O2S2/c14-9-4-3-7-15-13(9)20(17,18)8-12-16-10-5-1-2-6-11(10)19-12/h1-7H,8,14H2. The molecule has 0 aliphatic carbocycles. The first-order valence-electron chi connectivity index (χ1n) is 5.84. The van der Waals surface area contributed by atoms with Crippen LogP contribution in [-0.2, 0) is 15.6 Å². The number of fused-ring (bicyclic) bond motifs is 1. The second-order valence-corrected chi connectivity index (χ2v) is 7.25. The van der Waals surface area contributed by atoms with Crippen molar-refractivity contribution in [1.82, 2.24) is 9.97 Å². The van der Waals surface area contributed by atoms with Crippen molar-refractivity contribution in [1.29, 1.82) is 0 Å². The molecule has 0 aliphatic rings. The highest BCUT2D eigenvalue weighted by atomic mass is 32.2. The Balaban J connectivity index is 1.99. The van der Waals surface area contributed by atoms with Gasteiger partial charge in [-0.1, -0.05) is 12.1 Å². The molecule has 7 heteroatoms. The predicted molar refractivity (Wildman–Crippen MR) is 79.2 cm³/mol. The molecule has 2 heterocycles. The first-order chi connectivity index (χ1) is 9.56. The lowest BCUT2D eigenvalue weighted by Gasteiger charge is -2.03. The first-order valence-corrected chi connectivity index (χ1v) is 8.31. The molecule has 0 amide bonds. The van der Waals surface area contributed by atoms with Crippen molar-refractivity contribution >= 4 is 37.1 Å². The monoisotopic (exact) mass is 305 g/mol. The number of nitrogens with zero attached hydrogens (tertiary/aromatic N) is 2. The van der Waals surface area contributed by atoms with Gasteiger partial charge in [-0.3, -0.25) is 0 Å². The Morgan fingerprint density at radius 1 is 1.15 bits per heavy atom. The molecule has 20 heavy (non-hydrogen) atoms. The zero-order valence-corrected chi connectivity index (χ0v) is 12.0. The van der Waals surface area contributed by atoms with Gasteiger partial charge in [0.1, 0.15) is 10.8 Å². The summed E-state index contributed by atoms with van der Waals surface area (Å²) in [4.78, 5) is 8.19. The normalized spacial score (nSPS) is 11.8. The summed E-state index contributed by atoms with van der Waals surface area (Å²) >= 11 is 1.37. The number of nitrogen functional groups attached to an aromatic ring is 1. The van der Waals surface area contributed by atoms with Gasteiger partial charge < -0.3 is 5.73 Å². The maximum atomic E-state index is 12.3. The summed E-state index contributed by atoms with van der Waals surface area (Å²) in [6.07, 6.45) is 1.42. The molecular weight excluding hydrogens is 294 g/mol. The second-order valence-electron chi connectivity index (χ2n) is 4.23. The van der Waals surface area contributed by atoms with E-state index in [0.717, 1.165) is 10.2 Å². The van der Waals surface area contributed by atoms with Crippen LogP contribution in [0.1, 0.15) is 5.01 Å². The highest BCUT2D eigenvalue weighted by molar-refractivity contribution is 7.90. The average Bonchev–Trinajstić information content (AvgIpc) is 2.80. The number of anilines is 1. The molecule has 0 aliphatic heterocycles. The van der Waals surface area contributed by atoms with E-state index < -0.39 is 9.84 Å². The van der Waals surface area contributed by atoms with E-state index in [1.165, 1.54) is 23.6 Å². The number of hydrogen-bond donors (Lipinski definition) is 1. The maximum Gasteiger partial charge on any atom is 0.204 e. The van der Waals surface area contributed by atoms with Crippen molar-refractivity contribution < 1.29 is 8.42 Å². The number of para-hydroxylation sites is 1. The summed E-state index contributed by atoms with van der Waals surface area (Å²) in [7, 11) is -3.58. The number of aromatic nitrogens is 2. The van der Waals surface area contributed by atoms with Gasteiger partial charge in [-0.15, -0.1) is 11.3 Å². The third-order valence-corrected chi connectivity index (χ3v) is 5.55. The Hall–Kier alpha value is -1.99. The third-order valence-electron chi connectivity index (χ3n) is 2.75. The minimum absolute atomic E-state index is 0.0840. The molecule has 1 aromatic carbocycles. The number of rotatable bonds is 3. The van der Waals surface area contributed by atoms with E-state index in [9.17, 15) is 8.42 Å². The number of sulfone groups is 1. The van der Waals surface area contributed by atoms with Crippen LogP contribution >= 0.6 is 11.3 Å². The second kappa shape index (κ2) is 4.84. The van der Waals surface area contributed by atoms with Gasteiger partial charge in [0.25, 0.3) is 0 Å². The van der Waals surface area contributed by atoms with Crippen molar-refractivity contribution in [3.63, 3.8) is 0 Å². The van der Waals surface area contributed by atoms with E-state index in [2.05, 4.69) is 9.97 Å². The van der Waals surface area contributed by atoms with Crippen LogP contribution in [0, 0.1) is 0 Å². The molecule has 0 saturated heterocycles. The molecule has 0 bridgehead atoms. The van der Waals surface area contributed by atoms with E-state index in [1.54, 1.807) is 6.07 Å². The lowest BCUT2D eigenvalue weighted by atomic mass is 10.3. The molecule has 5 nitrogen and oxygen atoms in total. The molecule has 102 valence electrons.